The van der Waals surface area contributed by atoms with Gasteiger partial charge in [-0.2, -0.15) is 0 Å². The predicted molar refractivity (Wildman–Crippen MR) is 105 cm³/mol. The van der Waals surface area contributed by atoms with E-state index in [1.807, 2.05) is 30.5 Å². The van der Waals surface area contributed by atoms with Crippen LogP contribution in [0, 0.1) is 5.82 Å². The molecule has 1 fully saturated rings. The minimum Gasteiger partial charge on any atom is -0.361 e. The molecule has 0 radical (unpaired) electrons. The maximum atomic E-state index is 13.2. The van der Waals surface area contributed by atoms with Gasteiger partial charge in [-0.15, -0.1) is 0 Å². The van der Waals surface area contributed by atoms with E-state index in [1.165, 1.54) is 23.1 Å². The standard InChI is InChI=1S/C22H24FN3O/c23-18-9-7-16(8-10-18)21-6-3-13-26(21)15-22(27)24-12-11-17-14-25-20-5-2-1-4-19(17)20/h1-2,4-5,7-10,14,21,25H,3,6,11-13,15H2,(H,24,27)/t21-/m1/s1. The second-order valence-electron chi connectivity index (χ2n) is 7.14. The Morgan fingerprint density at radius 1 is 1.19 bits per heavy atom. The summed E-state index contributed by atoms with van der Waals surface area (Å²) in [5.41, 5.74) is 3.43. The molecule has 1 aromatic heterocycles. The van der Waals surface area contributed by atoms with Gasteiger partial charge in [-0.3, -0.25) is 9.69 Å². The number of likely N-dealkylation sites (tertiary alicyclic amines) is 1. The SMILES string of the molecule is O=C(CN1CCC[C@@H]1c1ccc(F)cc1)NCCc1c[nH]c2ccccc12. The van der Waals surface area contributed by atoms with E-state index in [-0.39, 0.29) is 17.8 Å². The van der Waals surface area contributed by atoms with E-state index in [9.17, 15) is 9.18 Å². The van der Waals surface area contributed by atoms with Crippen molar-refractivity contribution in [3.8, 4) is 0 Å². The molecule has 1 aliphatic heterocycles. The largest absolute Gasteiger partial charge is 0.361 e. The number of hydrogen-bond donors (Lipinski definition) is 2. The number of nitrogens with one attached hydrogen (secondary N) is 2. The Morgan fingerprint density at radius 3 is 2.85 bits per heavy atom. The van der Waals surface area contributed by atoms with Gasteiger partial charge in [0.05, 0.1) is 6.54 Å². The molecule has 2 heterocycles. The summed E-state index contributed by atoms with van der Waals surface area (Å²) < 4.78 is 13.2. The van der Waals surface area contributed by atoms with E-state index in [4.69, 9.17) is 0 Å². The quantitative estimate of drug-likeness (QED) is 0.698. The normalized spacial score (nSPS) is 17.4. The topological polar surface area (TPSA) is 48.1 Å². The Hall–Kier alpha value is -2.66. The van der Waals surface area contributed by atoms with Crippen LogP contribution in [0.4, 0.5) is 4.39 Å². The molecule has 4 rings (SSSR count). The number of hydrogen-bond acceptors (Lipinski definition) is 2. The predicted octanol–water partition coefficient (Wildman–Crippen LogP) is 3.80. The highest BCUT2D eigenvalue weighted by atomic mass is 19.1. The van der Waals surface area contributed by atoms with Gasteiger partial charge in [0.25, 0.3) is 0 Å². The highest BCUT2D eigenvalue weighted by Gasteiger charge is 2.27. The number of aromatic amines is 1. The molecule has 3 aromatic rings. The molecule has 2 aromatic carbocycles. The Balaban J connectivity index is 1.30. The van der Waals surface area contributed by atoms with E-state index in [0.29, 0.717) is 13.1 Å². The van der Waals surface area contributed by atoms with Crippen molar-refractivity contribution >= 4 is 16.8 Å². The molecule has 1 amide bonds. The van der Waals surface area contributed by atoms with Crippen LogP contribution in [0.2, 0.25) is 0 Å². The number of halogens is 1. The monoisotopic (exact) mass is 365 g/mol. The smallest absolute Gasteiger partial charge is 0.234 e. The summed E-state index contributed by atoms with van der Waals surface area (Å²) in [6.45, 7) is 1.91. The molecule has 5 heteroatoms. The molecule has 27 heavy (non-hydrogen) atoms. The average molecular weight is 365 g/mol. The molecule has 2 N–H and O–H groups in total. The van der Waals surface area contributed by atoms with Crippen LogP contribution in [-0.4, -0.2) is 35.4 Å². The maximum absolute atomic E-state index is 13.2. The van der Waals surface area contributed by atoms with Crippen molar-refractivity contribution < 1.29 is 9.18 Å². The van der Waals surface area contributed by atoms with E-state index in [0.717, 1.165) is 36.9 Å². The minimum absolute atomic E-state index is 0.0452. The van der Waals surface area contributed by atoms with Crippen LogP contribution in [0.5, 0.6) is 0 Å². The molecule has 0 aliphatic carbocycles. The zero-order chi connectivity index (χ0) is 18.6. The van der Waals surface area contributed by atoms with E-state index >= 15 is 0 Å². The summed E-state index contributed by atoms with van der Waals surface area (Å²) in [7, 11) is 0. The number of rotatable bonds is 6. The zero-order valence-electron chi connectivity index (χ0n) is 15.2. The Bertz CT molecular complexity index is 919. The van der Waals surface area contributed by atoms with Gasteiger partial charge in [-0.1, -0.05) is 30.3 Å². The van der Waals surface area contributed by atoms with Crippen LogP contribution in [0.1, 0.15) is 30.0 Å². The van der Waals surface area contributed by atoms with Gasteiger partial charge in [0.1, 0.15) is 5.82 Å². The fraction of sp³-hybridized carbons (Fsp3) is 0.318. The zero-order valence-corrected chi connectivity index (χ0v) is 15.2. The van der Waals surface area contributed by atoms with Gasteiger partial charge in [-0.05, 0) is 55.1 Å². The van der Waals surface area contributed by atoms with Crippen LogP contribution < -0.4 is 5.32 Å². The van der Waals surface area contributed by atoms with Crippen LogP contribution in [0.3, 0.4) is 0 Å². The van der Waals surface area contributed by atoms with Gasteiger partial charge >= 0.3 is 0 Å². The number of H-pyrrole nitrogens is 1. The number of fused-ring (bicyclic) bond motifs is 1. The lowest BCUT2D eigenvalue weighted by molar-refractivity contribution is -0.122. The van der Waals surface area contributed by atoms with Crippen LogP contribution >= 0.6 is 0 Å². The van der Waals surface area contributed by atoms with Crippen molar-refractivity contribution in [1.82, 2.24) is 15.2 Å². The molecule has 140 valence electrons. The molecule has 0 bridgehead atoms. The van der Waals surface area contributed by atoms with Crippen molar-refractivity contribution in [3.05, 3.63) is 71.7 Å². The third kappa shape index (κ3) is 4.03. The summed E-state index contributed by atoms with van der Waals surface area (Å²) in [5.74, 6) is -0.179. The maximum Gasteiger partial charge on any atom is 0.234 e. The molecule has 1 aliphatic rings. The molecule has 0 spiro atoms. The number of para-hydroxylation sites is 1. The minimum atomic E-state index is -0.224. The lowest BCUT2D eigenvalue weighted by atomic mass is 10.0. The summed E-state index contributed by atoms with van der Waals surface area (Å²) in [6.07, 6.45) is 4.89. The van der Waals surface area contributed by atoms with Gasteiger partial charge < -0.3 is 10.3 Å². The number of carbonyl (C=O) groups is 1. The molecular formula is C22H24FN3O. The van der Waals surface area contributed by atoms with Gasteiger partial charge in [0.2, 0.25) is 5.91 Å². The van der Waals surface area contributed by atoms with Crippen molar-refractivity contribution in [1.29, 1.82) is 0 Å². The Kier molecular flexibility index (Phi) is 5.21. The first-order valence-electron chi connectivity index (χ1n) is 9.52. The van der Waals surface area contributed by atoms with Crippen LogP contribution in [0.15, 0.2) is 54.7 Å². The number of nitrogens with zero attached hydrogens (tertiary/aromatic N) is 1. The van der Waals surface area contributed by atoms with E-state index < -0.39 is 0 Å². The molecule has 1 saturated heterocycles. The van der Waals surface area contributed by atoms with Gasteiger partial charge in [-0.25, -0.2) is 4.39 Å². The molecule has 0 saturated carbocycles. The summed E-state index contributed by atoms with van der Waals surface area (Å²) in [6, 6.07) is 15.0. The van der Waals surface area contributed by atoms with Crippen LogP contribution in [-0.2, 0) is 11.2 Å². The second-order valence-corrected chi connectivity index (χ2v) is 7.14. The molecule has 1 atom stereocenters. The first kappa shape index (κ1) is 17.7. The fourth-order valence-corrected chi connectivity index (χ4v) is 3.99. The Morgan fingerprint density at radius 2 is 2.00 bits per heavy atom. The second kappa shape index (κ2) is 7.92. The number of amides is 1. The van der Waals surface area contributed by atoms with Crippen LogP contribution in [0.25, 0.3) is 10.9 Å². The van der Waals surface area contributed by atoms with Gasteiger partial charge in [0.15, 0.2) is 0 Å². The van der Waals surface area contributed by atoms with E-state index in [1.54, 1.807) is 0 Å². The number of benzene rings is 2. The molecule has 4 nitrogen and oxygen atoms in total. The van der Waals surface area contributed by atoms with Crippen molar-refractivity contribution in [2.75, 3.05) is 19.6 Å². The van der Waals surface area contributed by atoms with Crippen molar-refractivity contribution in [2.24, 2.45) is 0 Å². The summed E-state index contributed by atoms with van der Waals surface area (Å²) in [5, 5.41) is 4.25. The first-order valence-corrected chi connectivity index (χ1v) is 9.52. The number of aromatic nitrogens is 1. The lowest BCUT2D eigenvalue weighted by Gasteiger charge is -2.24. The number of carbonyl (C=O) groups excluding carboxylic acids is 1. The highest BCUT2D eigenvalue weighted by Crippen LogP contribution is 2.31. The highest BCUT2D eigenvalue weighted by molar-refractivity contribution is 5.83. The summed E-state index contributed by atoms with van der Waals surface area (Å²) in [4.78, 5) is 17.9. The average Bonchev–Trinajstić information content (AvgIpc) is 3.30. The van der Waals surface area contributed by atoms with Crippen molar-refractivity contribution in [3.63, 3.8) is 0 Å². The fourth-order valence-electron chi connectivity index (χ4n) is 3.99. The van der Waals surface area contributed by atoms with Gasteiger partial charge in [0, 0.05) is 29.7 Å². The van der Waals surface area contributed by atoms with E-state index in [2.05, 4.69) is 27.3 Å². The third-order valence-electron chi connectivity index (χ3n) is 5.36. The third-order valence-corrected chi connectivity index (χ3v) is 5.36. The first-order chi connectivity index (χ1) is 13.2. The Labute approximate surface area is 158 Å². The van der Waals surface area contributed by atoms with Crippen molar-refractivity contribution in [2.45, 2.75) is 25.3 Å². The molecule has 0 unspecified atom stereocenters. The summed E-state index contributed by atoms with van der Waals surface area (Å²) >= 11 is 0. The lowest BCUT2D eigenvalue weighted by Crippen LogP contribution is -2.37. The molecular weight excluding hydrogens is 341 g/mol.